The van der Waals surface area contributed by atoms with Gasteiger partial charge in [-0.1, -0.05) is 31.9 Å². The van der Waals surface area contributed by atoms with Gasteiger partial charge in [-0.05, 0) is 20.8 Å². The lowest BCUT2D eigenvalue weighted by atomic mass is 10.1. The highest BCUT2D eigenvalue weighted by molar-refractivity contribution is 9.09. The number of carbonyl (C=O) groups excluding carboxylic acids is 1. The molecular weight excluding hydrogens is 356 g/mol. The predicted octanol–water partition coefficient (Wildman–Crippen LogP) is 3.04. The highest BCUT2D eigenvalue weighted by Gasteiger charge is 2.26. The fourth-order valence-corrected chi connectivity index (χ4v) is 3.20. The van der Waals surface area contributed by atoms with E-state index in [2.05, 4.69) is 42.2 Å². The average Bonchev–Trinajstić information content (AvgIpc) is 2.57. The van der Waals surface area contributed by atoms with Crippen LogP contribution in [-0.4, -0.2) is 27.1 Å². The fraction of sp³-hybridized carbons (Fsp3) is 0.600. The van der Waals surface area contributed by atoms with E-state index < -0.39 is 0 Å². The Balaban J connectivity index is 2.84. The molecule has 0 aliphatic carbocycles. The van der Waals surface area contributed by atoms with Crippen LogP contribution in [0.2, 0.25) is 0 Å². The number of aromatic nitrogens is 1. The summed E-state index contributed by atoms with van der Waals surface area (Å²) in [6.45, 7) is 5.75. The number of nitrogens with zero attached hydrogens (tertiary/aromatic N) is 1. The smallest absolute Gasteiger partial charge is 0.263 e. The van der Waals surface area contributed by atoms with Gasteiger partial charge in [-0.2, -0.15) is 0 Å². The molecule has 0 unspecified atom stereocenters. The third kappa shape index (κ3) is 3.28. The number of hydrogen-bond acceptors (Lipinski definition) is 3. The van der Waals surface area contributed by atoms with E-state index in [1.807, 2.05) is 20.8 Å². The summed E-state index contributed by atoms with van der Waals surface area (Å²) in [5.74, 6) is -0.0514. The summed E-state index contributed by atoms with van der Waals surface area (Å²) in [5, 5.41) is 5.32. The summed E-state index contributed by atoms with van der Waals surface area (Å²) in [7, 11) is 0. The zero-order valence-electron chi connectivity index (χ0n) is 9.43. The number of halogens is 2. The number of amides is 1. The Morgan fingerprint density at radius 1 is 1.44 bits per heavy atom. The molecular formula is C10H14Br2N2OS. The maximum Gasteiger partial charge on any atom is 0.263 e. The second kappa shape index (κ2) is 5.60. The summed E-state index contributed by atoms with van der Waals surface area (Å²) in [6.07, 6.45) is 0. The Bertz CT molecular complexity index is 388. The van der Waals surface area contributed by atoms with Gasteiger partial charge in [0.05, 0.1) is 16.2 Å². The molecule has 0 aromatic carbocycles. The number of thiazole rings is 1. The molecule has 0 spiro atoms. The predicted molar refractivity (Wildman–Crippen MR) is 75.0 cm³/mol. The molecule has 0 atom stereocenters. The standard InChI is InChI=1S/C10H14Br2N2OS/c1-6-8(16-7(2)13-6)9(15)14-10(3,4-11)5-12/h4-5H2,1-3H3,(H,14,15). The van der Waals surface area contributed by atoms with Crippen LogP contribution in [0.15, 0.2) is 0 Å². The molecule has 6 heteroatoms. The van der Waals surface area contributed by atoms with Crippen molar-refractivity contribution < 1.29 is 4.79 Å². The van der Waals surface area contributed by atoms with E-state index in [1.54, 1.807) is 0 Å². The second-order valence-electron chi connectivity index (χ2n) is 3.93. The lowest BCUT2D eigenvalue weighted by molar-refractivity contribution is 0.0926. The molecule has 0 radical (unpaired) electrons. The molecule has 1 heterocycles. The molecule has 1 N–H and O–H groups in total. The number of alkyl halides is 2. The van der Waals surface area contributed by atoms with Gasteiger partial charge in [0, 0.05) is 10.7 Å². The van der Waals surface area contributed by atoms with Gasteiger partial charge in [-0.3, -0.25) is 4.79 Å². The van der Waals surface area contributed by atoms with Crippen LogP contribution in [0, 0.1) is 13.8 Å². The van der Waals surface area contributed by atoms with E-state index in [4.69, 9.17) is 0 Å². The normalized spacial score (nSPS) is 11.6. The summed E-state index contributed by atoms with van der Waals surface area (Å²) in [5.41, 5.74) is 0.521. The minimum atomic E-state index is -0.276. The van der Waals surface area contributed by atoms with Crippen LogP contribution >= 0.6 is 43.2 Å². The second-order valence-corrected chi connectivity index (χ2v) is 6.25. The monoisotopic (exact) mass is 368 g/mol. The topological polar surface area (TPSA) is 42.0 Å². The van der Waals surface area contributed by atoms with E-state index in [0.717, 1.165) is 10.7 Å². The average molecular weight is 370 g/mol. The van der Waals surface area contributed by atoms with Crippen molar-refractivity contribution in [3.05, 3.63) is 15.6 Å². The molecule has 0 saturated heterocycles. The molecule has 1 rings (SSSR count). The van der Waals surface area contributed by atoms with Gasteiger partial charge in [0.15, 0.2) is 0 Å². The molecule has 1 amide bonds. The molecule has 1 aromatic heterocycles. The number of nitrogens with one attached hydrogen (secondary N) is 1. The number of aryl methyl sites for hydroxylation is 2. The first-order valence-corrected chi connectivity index (χ1v) is 7.86. The van der Waals surface area contributed by atoms with Crippen LogP contribution in [0.3, 0.4) is 0 Å². The number of rotatable bonds is 4. The quantitative estimate of drug-likeness (QED) is 0.828. The number of hydrogen-bond donors (Lipinski definition) is 1. The summed E-state index contributed by atoms with van der Waals surface area (Å²) in [6, 6.07) is 0. The van der Waals surface area contributed by atoms with Crippen molar-refractivity contribution in [2.75, 3.05) is 10.7 Å². The minimum absolute atomic E-state index is 0.0514. The molecule has 0 fully saturated rings. The van der Waals surface area contributed by atoms with E-state index in [-0.39, 0.29) is 11.4 Å². The molecule has 0 saturated carbocycles. The maximum atomic E-state index is 12.0. The van der Waals surface area contributed by atoms with Gasteiger partial charge in [-0.15, -0.1) is 11.3 Å². The lowest BCUT2D eigenvalue weighted by Crippen LogP contribution is -2.48. The van der Waals surface area contributed by atoms with Gasteiger partial charge in [0.1, 0.15) is 4.88 Å². The van der Waals surface area contributed by atoms with Gasteiger partial charge >= 0.3 is 0 Å². The molecule has 0 aliphatic heterocycles. The molecule has 1 aromatic rings. The van der Waals surface area contributed by atoms with Crippen molar-refractivity contribution in [3.63, 3.8) is 0 Å². The first-order valence-electron chi connectivity index (χ1n) is 4.80. The van der Waals surface area contributed by atoms with Gasteiger partial charge in [0.2, 0.25) is 0 Å². The van der Waals surface area contributed by atoms with Crippen molar-refractivity contribution in [1.82, 2.24) is 10.3 Å². The molecule has 16 heavy (non-hydrogen) atoms. The molecule has 90 valence electrons. The summed E-state index contributed by atoms with van der Waals surface area (Å²) < 4.78 is 0. The highest BCUT2D eigenvalue weighted by atomic mass is 79.9. The molecule has 0 aliphatic rings. The SMILES string of the molecule is Cc1nc(C)c(C(=O)NC(C)(CBr)CBr)s1. The van der Waals surface area contributed by atoms with Crippen molar-refractivity contribution in [1.29, 1.82) is 0 Å². The molecule has 0 bridgehead atoms. The van der Waals surface area contributed by atoms with E-state index in [9.17, 15) is 4.79 Å². The van der Waals surface area contributed by atoms with Crippen molar-refractivity contribution in [3.8, 4) is 0 Å². The highest BCUT2D eigenvalue weighted by Crippen LogP contribution is 2.19. The largest absolute Gasteiger partial charge is 0.344 e. The van der Waals surface area contributed by atoms with Crippen molar-refractivity contribution in [2.45, 2.75) is 26.3 Å². The maximum absolute atomic E-state index is 12.0. The Kier molecular flexibility index (Phi) is 4.94. The first-order chi connectivity index (χ1) is 7.41. The number of carbonyl (C=O) groups is 1. The van der Waals surface area contributed by atoms with E-state index >= 15 is 0 Å². The Hall–Kier alpha value is 0.0600. The van der Waals surface area contributed by atoms with Crippen LogP contribution in [0.5, 0.6) is 0 Å². The first kappa shape index (κ1) is 14.1. The van der Waals surface area contributed by atoms with Crippen LogP contribution in [0.4, 0.5) is 0 Å². The van der Waals surface area contributed by atoms with Crippen LogP contribution in [-0.2, 0) is 0 Å². The van der Waals surface area contributed by atoms with Gasteiger partial charge in [0.25, 0.3) is 5.91 Å². The lowest BCUT2D eigenvalue weighted by Gasteiger charge is -2.26. The van der Waals surface area contributed by atoms with Crippen molar-refractivity contribution in [2.24, 2.45) is 0 Å². The minimum Gasteiger partial charge on any atom is -0.344 e. The summed E-state index contributed by atoms with van der Waals surface area (Å²) >= 11 is 8.23. The van der Waals surface area contributed by atoms with E-state index in [0.29, 0.717) is 15.5 Å². The Morgan fingerprint density at radius 2 is 2.00 bits per heavy atom. The van der Waals surface area contributed by atoms with Gasteiger partial charge in [-0.25, -0.2) is 4.98 Å². The Labute approximate surface area is 116 Å². The van der Waals surface area contributed by atoms with Crippen LogP contribution in [0.1, 0.15) is 27.3 Å². The van der Waals surface area contributed by atoms with Gasteiger partial charge < -0.3 is 5.32 Å². The third-order valence-corrected chi connectivity index (χ3v) is 5.66. The van der Waals surface area contributed by atoms with E-state index in [1.165, 1.54) is 11.3 Å². The van der Waals surface area contributed by atoms with Crippen molar-refractivity contribution >= 4 is 49.1 Å². The van der Waals surface area contributed by atoms with Crippen LogP contribution < -0.4 is 5.32 Å². The Morgan fingerprint density at radius 3 is 2.38 bits per heavy atom. The van der Waals surface area contributed by atoms with Crippen LogP contribution in [0.25, 0.3) is 0 Å². The zero-order chi connectivity index (χ0) is 12.3. The molecule has 3 nitrogen and oxygen atoms in total. The third-order valence-electron chi connectivity index (χ3n) is 2.11. The summed E-state index contributed by atoms with van der Waals surface area (Å²) in [4.78, 5) is 17.0. The zero-order valence-corrected chi connectivity index (χ0v) is 13.4. The fourth-order valence-electron chi connectivity index (χ4n) is 1.18.